The number of nitrogens with one attached hydrogen (secondary N) is 2. The fourth-order valence-corrected chi connectivity index (χ4v) is 4.33. The summed E-state index contributed by atoms with van der Waals surface area (Å²) in [5, 5.41) is 7.25. The van der Waals surface area contributed by atoms with Crippen LogP contribution in [0, 0.1) is 0 Å². The zero-order chi connectivity index (χ0) is 25.8. The van der Waals surface area contributed by atoms with Crippen molar-refractivity contribution in [3.05, 3.63) is 85.2 Å². The minimum absolute atomic E-state index is 0.284. The van der Waals surface area contributed by atoms with Crippen molar-refractivity contribution in [3.63, 3.8) is 0 Å². The highest BCUT2D eigenvalue weighted by molar-refractivity contribution is 6.02. The lowest BCUT2D eigenvalue weighted by atomic mass is 9.97. The van der Waals surface area contributed by atoms with Crippen LogP contribution in [0.4, 0.5) is 17.3 Å². The lowest BCUT2D eigenvalue weighted by Crippen LogP contribution is -2.24. The first-order valence-corrected chi connectivity index (χ1v) is 12.0. The van der Waals surface area contributed by atoms with E-state index in [9.17, 15) is 4.79 Å². The molecule has 4 aromatic rings. The molecule has 186 valence electrons. The number of likely N-dealkylation sites (N-methyl/N-ethyl adjacent to an activating group) is 1. The Hall–Kier alpha value is -4.56. The first kappa shape index (κ1) is 24.1. The summed E-state index contributed by atoms with van der Waals surface area (Å²) in [6.45, 7) is 5.37. The van der Waals surface area contributed by atoms with Gasteiger partial charge in [-0.25, -0.2) is 9.97 Å². The number of ether oxygens (including phenoxy) is 1. The van der Waals surface area contributed by atoms with E-state index in [0.717, 1.165) is 52.8 Å². The predicted molar refractivity (Wildman–Crippen MR) is 148 cm³/mol. The van der Waals surface area contributed by atoms with E-state index in [1.54, 1.807) is 13.3 Å². The number of benzene rings is 2. The molecule has 2 aromatic carbocycles. The average Bonchev–Trinajstić information content (AvgIpc) is 2.93. The monoisotopic (exact) mass is 492 g/mol. The van der Waals surface area contributed by atoms with Crippen LogP contribution in [0.5, 0.6) is 5.75 Å². The first-order chi connectivity index (χ1) is 18.0. The number of carbonyl (C=O) groups excluding carboxylic acids is 1. The third kappa shape index (κ3) is 5.34. The van der Waals surface area contributed by atoms with Gasteiger partial charge in [0.2, 0.25) is 11.9 Å². The van der Waals surface area contributed by atoms with Crippen LogP contribution >= 0.6 is 0 Å². The van der Waals surface area contributed by atoms with E-state index in [0.29, 0.717) is 23.1 Å². The zero-order valence-electron chi connectivity index (χ0n) is 20.9. The standard InChI is InChI=1S/C29H28N6O2/c1-4-28(36)32-25-17-26(27(37-3)16-22(25)19-10-13-35(2)14-11-19)34-29-30-12-9-24(33-29)21-15-20-7-5-6-8-23(20)31-18-21/h4-10,12,15-18H,1,11,13-14H2,2-3H3,(H,32,36)(H,30,33,34). The van der Waals surface area contributed by atoms with E-state index in [2.05, 4.69) is 51.3 Å². The molecule has 37 heavy (non-hydrogen) atoms. The molecule has 1 amide bonds. The number of pyridine rings is 1. The van der Waals surface area contributed by atoms with Crippen molar-refractivity contribution in [1.82, 2.24) is 19.9 Å². The minimum atomic E-state index is -0.284. The number of nitrogens with zero attached hydrogens (tertiary/aromatic N) is 4. The Morgan fingerprint density at radius 3 is 2.78 bits per heavy atom. The average molecular weight is 493 g/mol. The van der Waals surface area contributed by atoms with Gasteiger partial charge in [-0.3, -0.25) is 9.78 Å². The molecular formula is C29H28N6O2. The van der Waals surface area contributed by atoms with Gasteiger partial charge in [0.05, 0.1) is 29.7 Å². The molecule has 0 saturated carbocycles. The van der Waals surface area contributed by atoms with Crippen molar-refractivity contribution in [2.75, 3.05) is 37.9 Å². The maximum Gasteiger partial charge on any atom is 0.247 e. The molecular weight excluding hydrogens is 464 g/mol. The number of hydrogen-bond donors (Lipinski definition) is 2. The van der Waals surface area contributed by atoms with Crippen LogP contribution in [0.25, 0.3) is 27.7 Å². The summed E-state index contributed by atoms with van der Waals surface area (Å²) in [6, 6.07) is 15.7. The van der Waals surface area contributed by atoms with Crippen molar-refractivity contribution in [2.45, 2.75) is 6.42 Å². The maximum atomic E-state index is 12.2. The normalized spacial score (nSPS) is 13.6. The molecule has 1 aliphatic rings. The third-order valence-electron chi connectivity index (χ3n) is 6.33. The molecule has 3 heterocycles. The van der Waals surface area contributed by atoms with Gasteiger partial charge in [-0.15, -0.1) is 0 Å². The molecule has 0 spiro atoms. The summed E-state index contributed by atoms with van der Waals surface area (Å²) >= 11 is 0. The molecule has 2 N–H and O–H groups in total. The molecule has 8 heteroatoms. The van der Waals surface area contributed by atoms with Crippen LogP contribution in [-0.2, 0) is 4.79 Å². The Bertz CT molecular complexity index is 1510. The molecule has 5 rings (SSSR count). The fourth-order valence-electron chi connectivity index (χ4n) is 4.33. The number of anilines is 3. The SMILES string of the molecule is C=CC(=O)Nc1cc(Nc2nccc(-c3cnc4ccccc4c3)n2)c(OC)cc1C1=CCN(C)CC1. The van der Waals surface area contributed by atoms with Gasteiger partial charge in [0, 0.05) is 42.0 Å². The Kier molecular flexibility index (Phi) is 6.91. The number of amides is 1. The number of aromatic nitrogens is 3. The van der Waals surface area contributed by atoms with Crippen molar-refractivity contribution in [3.8, 4) is 17.0 Å². The molecule has 0 aliphatic carbocycles. The summed E-state index contributed by atoms with van der Waals surface area (Å²) in [7, 11) is 3.71. The van der Waals surface area contributed by atoms with E-state index in [4.69, 9.17) is 9.72 Å². The predicted octanol–water partition coefficient (Wildman–Crippen LogP) is 5.29. The van der Waals surface area contributed by atoms with Crippen LogP contribution in [0.15, 0.2) is 79.7 Å². The minimum Gasteiger partial charge on any atom is -0.495 e. The molecule has 0 atom stereocenters. The van der Waals surface area contributed by atoms with E-state index in [-0.39, 0.29) is 5.91 Å². The molecule has 2 aromatic heterocycles. The molecule has 0 unspecified atom stereocenters. The van der Waals surface area contributed by atoms with Gasteiger partial charge in [-0.2, -0.15) is 0 Å². The number of hydrogen-bond acceptors (Lipinski definition) is 7. The second kappa shape index (κ2) is 10.6. The molecule has 0 fully saturated rings. The highest BCUT2D eigenvalue weighted by Gasteiger charge is 2.18. The van der Waals surface area contributed by atoms with Crippen molar-refractivity contribution in [1.29, 1.82) is 0 Å². The van der Waals surface area contributed by atoms with Gasteiger partial charge >= 0.3 is 0 Å². The van der Waals surface area contributed by atoms with E-state index < -0.39 is 0 Å². The fraction of sp³-hybridized carbons (Fsp3) is 0.172. The van der Waals surface area contributed by atoms with Crippen LogP contribution in [0.2, 0.25) is 0 Å². The summed E-state index contributed by atoms with van der Waals surface area (Å²) in [4.78, 5) is 28.2. The summed E-state index contributed by atoms with van der Waals surface area (Å²) in [6.07, 6.45) is 7.81. The second-order valence-electron chi connectivity index (χ2n) is 8.84. The number of carbonyl (C=O) groups is 1. The Labute approximate surface area is 215 Å². The first-order valence-electron chi connectivity index (χ1n) is 12.0. The third-order valence-corrected chi connectivity index (χ3v) is 6.33. The molecule has 8 nitrogen and oxygen atoms in total. The highest BCUT2D eigenvalue weighted by atomic mass is 16.5. The Morgan fingerprint density at radius 2 is 2.00 bits per heavy atom. The van der Waals surface area contributed by atoms with Crippen LogP contribution in [0.1, 0.15) is 12.0 Å². The number of rotatable bonds is 7. The van der Waals surface area contributed by atoms with Gasteiger partial charge in [0.25, 0.3) is 0 Å². The van der Waals surface area contributed by atoms with E-state index in [1.165, 1.54) is 6.08 Å². The Morgan fingerprint density at radius 1 is 1.14 bits per heavy atom. The van der Waals surface area contributed by atoms with Gasteiger partial charge in [-0.1, -0.05) is 30.9 Å². The topological polar surface area (TPSA) is 92.3 Å². The molecule has 0 bridgehead atoms. The van der Waals surface area contributed by atoms with E-state index in [1.807, 2.05) is 48.7 Å². The van der Waals surface area contributed by atoms with Crippen LogP contribution in [-0.4, -0.2) is 53.0 Å². The van der Waals surface area contributed by atoms with Gasteiger partial charge in [-0.05, 0) is 55.4 Å². The smallest absolute Gasteiger partial charge is 0.247 e. The largest absolute Gasteiger partial charge is 0.495 e. The zero-order valence-corrected chi connectivity index (χ0v) is 20.9. The summed E-state index contributed by atoms with van der Waals surface area (Å²) < 4.78 is 5.72. The number of para-hydroxylation sites is 1. The van der Waals surface area contributed by atoms with Crippen molar-refractivity contribution in [2.24, 2.45) is 0 Å². The molecule has 0 saturated heterocycles. The van der Waals surface area contributed by atoms with Gasteiger partial charge in [0.1, 0.15) is 5.75 Å². The molecule has 0 radical (unpaired) electrons. The lowest BCUT2D eigenvalue weighted by Gasteiger charge is -2.24. The quantitative estimate of drug-likeness (QED) is 0.339. The second-order valence-corrected chi connectivity index (χ2v) is 8.84. The lowest BCUT2D eigenvalue weighted by molar-refractivity contribution is -0.111. The number of fused-ring (bicyclic) bond motifs is 1. The Balaban J connectivity index is 1.50. The highest BCUT2D eigenvalue weighted by Crippen LogP contribution is 2.38. The molecule has 1 aliphatic heterocycles. The number of methoxy groups -OCH3 is 1. The van der Waals surface area contributed by atoms with Gasteiger partial charge in [0.15, 0.2) is 0 Å². The summed E-state index contributed by atoms with van der Waals surface area (Å²) in [5.41, 5.74) is 5.93. The maximum absolute atomic E-state index is 12.2. The summed E-state index contributed by atoms with van der Waals surface area (Å²) in [5.74, 6) is 0.733. The van der Waals surface area contributed by atoms with E-state index >= 15 is 0 Å². The van der Waals surface area contributed by atoms with Crippen LogP contribution < -0.4 is 15.4 Å². The van der Waals surface area contributed by atoms with Crippen LogP contribution in [0.3, 0.4) is 0 Å². The van der Waals surface area contributed by atoms with Crippen molar-refractivity contribution < 1.29 is 9.53 Å². The van der Waals surface area contributed by atoms with Crippen molar-refractivity contribution >= 4 is 39.7 Å². The van der Waals surface area contributed by atoms with Gasteiger partial charge < -0.3 is 20.3 Å².